The number of ether oxygens (including phenoxy) is 3. The predicted octanol–water partition coefficient (Wildman–Crippen LogP) is 1.01. The van der Waals surface area contributed by atoms with Gasteiger partial charge in [-0.05, 0) is 26.0 Å². The van der Waals surface area contributed by atoms with E-state index in [1.165, 1.54) is 24.6 Å². The molecule has 10 heteroatoms. The van der Waals surface area contributed by atoms with E-state index in [0.717, 1.165) is 6.07 Å². The summed E-state index contributed by atoms with van der Waals surface area (Å²) >= 11 is 0. The number of nitrogens with zero attached hydrogens (tertiary/aromatic N) is 1. The average Bonchev–Trinajstić information content (AvgIpc) is 2.60. The molecule has 1 aliphatic rings. The smallest absolute Gasteiger partial charge is 0.258 e. The first kappa shape index (κ1) is 21.4. The van der Waals surface area contributed by atoms with E-state index in [2.05, 4.69) is 5.32 Å². The molecule has 0 spiro atoms. The number of carbonyl (C=O) groups excluding carboxylic acids is 1. The lowest BCUT2D eigenvalue weighted by Crippen LogP contribution is -2.49. The van der Waals surface area contributed by atoms with Crippen molar-refractivity contribution in [2.45, 2.75) is 26.1 Å². The number of benzene rings is 1. The van der Waals surface area contributed by atoms with Crippen LogP contribution in [0.3, 0.4) is 0 Å². The molecular weight excluding hydrogens is 379 g/mol. The van der Waals surface area contributed by atoms with Crippen molar-refractivity contribution in [1.29, 1.82) is 0 Å². The fourth-order valence-electron chi connectivity index (χ4n) is 2.98. The van der Waals surface area contributed by atoms with Gasteiger partial charge in [0.1, 0.15) is 11.4 Å². The van der Waals surface area contributed by atoms with Crippen molar-refractivity contribution in [2.75, 3.05) is 39.6 Å². The largest absolute Gasteiger partial charge is 0.493 e. The molecule has 1 fully saturated rings. The van der Waals surface area contributed by atoms with Crippen LogP contribution in [-0.2, 0) is 14.8 Å². The lowest BCUT2D eigenvalue weighted by molar-refractivity contribution is -0.0440. The molecule has 0 saturated carbocycles. The second kappa shape index (κ2) is 8.85. The molecule has 0 bridgehead atoms. The van der Waals surface area contributed by atoms with Gasteiger partial charge in [-0.15, -0.1) is 0 Å². The standard InChI is InChI=1S/C17H25FN2O6S/c1-11-9-20(10-12(2)26-11)27(22,23)8-7-19-17(21)15-13(18)5-6-14(24-3)16(15)25-4/h5-6,11-12H,7-10H2,1-4H3,(H,19,21)/t11-,12+. The predicted molar refractivity (Wildman–Crippen MR) is 97.2 cm³/mol. The van der Waals surface area contributed by atoms with Crippen molar-refractivity contribution in [2.24, 2.45) is 0 Å². The summed E-state index contributed by atoms with van der Waals surface area (Å²) in [7, 11) is -0.916. The summed E-state index contributed by atoms with van der Waals surface area (Å²) in [5.41, 5.74) is -0.331. The molecule has 1 aromatic rings. The Kier molecular flexibility index (Phi) is 7.01. The molecule has 0 radical (unpaired) electrons. The Balaban J connectivity index is 2.04. The van der Waals surface area contributed by atoms with Gasteiger partial charge in [0.25, 0.3) is 5.91 Å². The number of nitrogens with one attached hydrogen (secondary N) is 1. The SMILES string of the molecule is COc1ccc(F)c(C(=O)NCCS(=O)(=O)N2C[C@@H](C)O[C@@H](C)C2)c1OC. The Labute approximate surface area is 158 Å². The maximum Gasteiger partial charge on any atom is 0.258 e. The highest BCUT2D eigenvalue weighted by Crippen LogP contribution is 2.32. The molecule has 0 aliphatic carbocycles. The van der Waals surface area contributed by atoms with Crippen LogP contribution in [0.15, 0.2) is 12.1 Å². The second-order valence-corrected chi connectivity index (χ2v) is 8.39. The zero-order chi connectivity index (χ0) is 20.2. The van der Waals surface area contributed by atoms with Gasteiger partial charge in [-0.2, -0.15) is 4.31 Å². The summed E-state index contributed by atoms with van der Waals surface area (Å²) in [6, 6.07) is 2.43. The van der Waals surface area contributed by atoms with Crippen LogP contribution in [0.25, 0.3) is 0 Å². The van der Waals surface area contributed by atoms with Gasteiger partial charge in [-0.25, -0.2) is 12.8 Å². The topological polar surface area (TPSA) is 94.2 Å². The van der Waals surface area contributed by atoms with Crippen molar-refractivity contribution >= 4 is 15.9 Å². The summed E-state index contributed by atoms with van der Waals surface area (Å²) in [4.78, 5) is 12.4. The lowest BCUT2D eigenvalue weighted by atomic mass is 10.1. The zero-order valence-electron chi connectivity index (χ0n) is 15.8. The van der Waals surface area contributed by atoms with Crippen molar-refractivity contribution in [3.05, 3.63) is 23.5 Å². The first-order valence-corrected chi connectivity index (χ1v) is 10.1. The minimum absolute atomic E-state index is 0.0475. The molecule has 1 heterocycles. The van der Waals surface area contributed by atoms with Gasteiger partial charge in [0, 0.05) is 19.6 Å². The summed E-state index contributed by atoms with van der Waals surface area (Å²) < 4.78 is 56.1. The molecule has 2 atom stereocenters. The average molecular weight is 404 g/mol. The number of halogens is 1. The van der Waals surface area contributed by atoms with Crippen molar-refractivity contribution < 1.29 is 31.8 Å². The second-order valence-electron chi connectivity index (χ2n) is 6.30. The van der Waals surface area contributed by atoms with E-state index in [1.54, 1.807) is 13.8 Å². The monoisotopic (exact) mass is 404 g/mol. The van der Waals surface area contributed by atoms with Crippen LogP contribution < -0.4 is 14.8 Å². The van der Waals surface area contributed by atoms with Gasteiger partial charge >= 0.3 is 0 Å². The fraction of sp³-hybridized carbons (Fsp3) is 0.588. The molecule has 1 aromatic carbocycles. The number of methoxy groups -OCH3 is 2. The Morgan fingerprint density at radius 2 is 1.89 bits per heavy atom. The van der Waals surface area contributed by atoms with Gasteiger partial charge in [0.05, 0.1) is 32.2 Å². The number of rotatable bonds is 7. The Morgan fingerprint density at radius 1 is 1.26 bits per heavy atom. The number of morpholine rings is 1. The summed E-state index contributed by atoms with van der Waals surface area (Å²) in [6.07, 6.45) is -0.401. The van der Waals surface area contributed by atoms with E-state index in [0.29, 0.717) is 0 Å². The highest BCUT2D eigenvalue weighted by Gasteiger charge is 2.31. The molecule has 1 N–H and O–H groups in total. The Hall–Kier alpha value is -1.91. The number of hydrogen-bond donors (Lipinski definition) is 1. The Morgan fingerprint density at radius 3 is 2.44 bits per heavy atom. The molecule has 27 heavy (non-hydrogen) atoms. The van der Waals surface area contributed by atoms with Crippen molar-refractivity contribution in [3.8, 4) is 11.5 Å². The number of sulfonamides is 1. The highest BCUT2D eigenvalue weighted by atomic mass is 32.2. The van der Waals surface area contributed by atoms with Crippen LogP contribution in [0.4, 0.5) is 4.39 Å². The molecule has 1 saturated heterocycles. The number of amides is 1. The normalized spacial score (nSPS) is 20.9. The highest BCUT2D eigenvalue weighted by molar-refractivity contribution is 7.89. The summed E-state index contributed by atoms with van der Waals surface area (Å²) in [5, 5.41) is 2.43. The van der Waals surface area contributed by atoms with Gasteiger partial charge in [-0.3, -0.25) is 4.79 Å². The van der Waals surface area contributed by atoms with E-state index in [4.69, 9.17) is 14.2 Å². The van der Waals surface area contributed by atoms with Crippen LogP contribution in [0, 0.1) is 5.82 Å². The molecule has 0 aromatic heterocycles. The van der Waals surface area contributed by atoms with E-state index in [-0.39, 0.29) is 54.7 Å². The minimum Gasteiger partial charge on any atom is -0.493 e. The quantitative estimate of drug-likeness (QED) is 0.729. The number of carbonyl (C=O) groups is 1. The Bertz CT molecular complexity index is 776. The third kappa shape index (κ3) is 5.08. The number of hydrogen-bond acceptors (Lipinski definition) is 6. The van der Waals surface area contributed by atoms with E-state index in [1.807, 2.05) is 0 Å². The van der Waals surface area contributed by atoms with E-state index < -0.39 is 21.7 Å². The third-order valence-electron chi connectivity index (χ3n) is 4.15. The lowest BCUT2D eigenvalue weighted by Gasteiger charge is -2.34. The van der Waals surface area contributed by atoms with Crippen LogP contribution >= 0.6 is 0 Å². The van der Waals surface area contributed by atoms with Gasteiger partial charge < -0.3 is 19.5 Å². The molecule has 152 valence electrons. The fourth-order valence-corrected chi connectivity index (χ4v) is 4.48. The summed E-state index contributed by atoms with van der Waals surface area (Å²) in [6.45, 7) is 3.97. The van der Waals surface area contributed by atoms with Crippen molar-refractivity contribution in [1.82, 2.24) is 9.62 Å². The molecule has 2 rings (SSSR count). The third-order valence-corrected chi connectivity index (χ3v) is 5.95. The molecule has 1 aliphatic heterocycles. The zero-order valence-corrected chi connectivity index (χ0v) is 16.6. The van der Waals surface area contributed by atoms with E-state index >= 15 is 0 Å². The minimum atomic E-state index is -3.58. The maximum absolute atomic E-state index is 14.1. The van der Waals surface area contributed by atoms with Gasteiger partial charge in [0.2, 0.25) is 10.0 Å². The maximum atomic E-state index is 14.1. The first-order valence-electron chi connectivity index (χ1n) is 8.51. The van der Waals surface area contributed by atoms with E-state index in [9.17, 15) is 17.6 Å². The first-order chi connectivity index (χ1) is 12.7. The molecule has 1 amide bonds. The van der Waals surface area contributed by atoms with Crippen LogP contribution in [0.2, 0.25) is 0 Å². The molecular formula is C17H25FN2O6S. The van der Waals surface area contributed by atoms with Gasteiger partial charge in [-0.1, -0.05) is 0 Å². The van der Waals surface area contributed by atoms with Crippen LogP contribution in [0.5, 0.6) is 11.5 Å². The van der Waals surface area contributed by atoms with Gasteiger partial charge in [0.15, 0.2) is 11.5 Å². The van der Waals surface area contributed by atoms with Crippen LogP contribution in [0.1, 0.15) is 24.2 Å². The molecule has 8 nitrogen and oxygen atoms in total. The van der Waals surface area contributed by atoms with Crippen molar-refractivity contribution in [3.63, 3.8) is 0 Å². The molecule has 0 unspecified atom stereocenters. The van der Waals surface area contributed by atoms with Crippen LogP contribution in [-0.4, -0.2) is 70.4 Å². The summed E-state index contributed by atoms with van der Waals surface area (Å²) in [5.74, 6) is -1.71.